The van der Waals surface area contributed by atoms with Gasteiger partial charge in [0.05, 0.1) is 30.8 Å². The number of nitrogens with zero attached hydrogens (tertiary/aromatic N) is 2. The van der Waals surface area contributed by atoms with Crippen LogP contribution in [0.3, 0.4) is 0 Å². The Hall–Kier alpha value is -3.55. The summed E-state index contributed by atoms with van der Waals surface area (Å²) in [6.07, 6.45) is 0. The van der Waals surface area contributed by atoms with Crippen LogP contribution in [0.5, 0.6) is 11.5 Å². The van der Waals surface area contributed by atoms with Gasteiger partial charge in [0.25, 0.3) is 5.91 Å². The minimum atomic E-state index is -0.351. The second-order valence-corrected chi connectivity index (χ2v) is 6.86. The van der Waals surface area contributed by atoms with Crippen LogP contribution in [-0.2, 0) is 11.3 Å². The predicted molar refractivity (Wildman–Crippen MR) is 119 cm³/mol. The lowest BCUT2D eigenvalue weighted by Gasteiger charge is -2.13. The summed E-state index contributed by atoms with van der Waals surface area (Å²) in [6, 6.07) is 12.8. The molecule has 0 spiro atoms. The van der Waals surface area contributed by atoms with Crippen LogP contribution in [0.25, 0.3) is 11.0 Å². The molecule has 0 unspecified atom stereocenters. The molecule has 3 aromatic rings. The van der Waals surface area contributed by atoms with Gasteiger partial charge in [0.15, 0.2) is 11.5 Å². The molecule has 0 radical (unpaired) electrons. The van der Waals surface area contributed by atoms with Gasteiger partial charge in [-0.05, 0) is 51.1 Å². The van der Waals surface area contributed by atoms with Crippen molar-refractivity contribution in [2.75, 3.05) is 26.3 Å². The minimum absolute atomic E-state index is 0.111. The number of aryl methyl sites for hydroxylation is 1. The first-order valence-electron chi connectivity index (χ1n) is 10.4. The molecule has 8 nitrogen and oxygen atoms in total. The van der Waals surface area contributed by atoms with Crippen molar-refractivity contribution in [2.45, 2.75) is 27.3 Å². The van der Waals surface area contributed by atoms with Gasteiger partial charge in [-0.25, -0.2) is 4.98 Å². The molecule has 2 N–H and O–H groups in total. The van der Waals surface area contributed by atoms with Gasteiger partial charge in [-0.1, -0.05) is 12.1 Å². The Bertz CT molecular complexity index is 1060. The SMILES string of the molecule is CCOc1ccc(C(=O)NCC(=O)NCCn2c(C)nc3ccccc32)cc1OCC. The number of amides is 2. The van der Waals surface area contributed by atoms with Crippen LogP contribution in [0.4, 0.5) is 0 Å². The van der Waals surface area contributed by atoms with Crippen LogP contribution in [-0.4, -0.2) is 47.7 Å². The van der Waals surface area contributed by atoms with E-state index < -0.39 is 0 Å². The first-order chi connectivity index (χ1) is 15.0. The zero-order chi connectivity index (χ0) is 22.2. The van der Waals surface area contributed by atoms with Crippen LogP contribution in [0.1, 0.15) is 30.0 Å². The molecule has 164 valence electrons. The van der Waals surface area contributed by atoms with Crippen LogP contribution in [0, 0.1) is 6.92 Å². The molecule has 0 aliphatic rings. The Balaban J connectivity index is 1.50. The van der Waals surface area contributed by atoms with Crippen molar-refractivity contribution < 1.29 is 19.1 Å². The number of nitrogens with one attached hydrogen (secondary N) is 2. The van der Waals surface area contributed by atoms with Gasteiger partial charge in [0.2, 0.25) is 5.91 Å². The molecule has 0 fully saturated rings. The highest BCUT2D eigenvalue weighted by molar-refractivity contribution is 5.97. The van der Waals surface area contributed by atoms with Crippen LogP contribution >= 0.6 is 0 Å². The van der Waals surface area contributed by atoms with Crippen molar-refractivity contribution in [1.82, 2.24) is 20.2 Å². The van der Waals surface area contributed by atoms with E-state index >= 15 is 0 Å². The lowest BCUT2D eigenvalue weighted by atomic mass is 10.2. The van der Waals surface area contributed by atoms with Crippen molar-refractivity contribution >= 4 is 22.8 Å². The third-order valence-corrected chi connectivity index (χ3v) is 4.72. The number of rotatable bonds is 10. The Kier molecular flexibility index (Phi) is 7.48. The van der Waals surface area contributed by atoms with Crippen molar-refractivity contribution in [1.29, 1.82) is 0 Å². The Morgan fingerprint density at radius 3 is 2.52 bits per heavy atom. The molecule has 3 rings (SSSR count). The molecule has 8 heteroatoms. The molecule has 0 aliphatic heterocycles. The van der Waals surface area contributed by atoms with Crippen LogP contribution < -0.4 is 20.1 Å². The molecular formula is C23H28N4O4. The molecule has 31 heavy (non-hydrogen) atoms. The molecule has 0 bridgehead atoms. The fourth-order valence-electron chi connectivity index (χ4n) is 3.30. The molecule has 0 aliphatic carbocycles. The van der Waals surface area contributed by atoms with Gasteiger partial charge in [-0.15, -0.1) is 0 Å². The zero-order valence-electron chi connectivity index (χ0n) is 18.1. The highest BCUT2D eigenvalue weighted by atomic mass is 16.5. The number of fused-ring (bicyclic) bond motifs is 1. The van der Waals surface area contributed by atoms with Gasteiger partial charge in [-0.2, -0.15) is 0 Å². The molecule has 2 aromatic carbocycles. The van der Waals surface area contributed by atoms with Gasteiger partial charge < -0.3 is 24.7 Å². The standard InChI is InChI=1S/C23H28N4O4/c1-4-30-20-11-10-17(14-21(20)31-5-2)23(29)25-15-22(28)24-12-13-27-16(3)26-18-8-6-7-9-19(18)27/h6-11,14H,4-5,12-13,15H2,1-3H3,(H,24,28)(H,25,29). The highest BCUT2D eigenvalue weighted by Gasteiger charge is 2.13. The maximum atomic E-state index is 12.4. The summed E-state index contributed by atoms with van der Waals surface area (Å²) in [5.41, 5.74) is 2.36. The van der Waals surface area contributed by atoms with E-state index in [2.05, 4.69) is 20.2 Å². The molecule has 0 saturated heterocycles. The second kappa shape index (κ2) is 10.5. The molecule has 0 saturated carbocycles. The average molecular weight is 425 g/mol. The number of carbonyl (C=O) groups is 2. The van der Waals surface area contributed by atoms with Crippen molar-refractivity contribution in [2.24, 2.45) is 0 Å². The zero-order valence-corrected chi connectivity index (χ0v) is 18.1. The monoisotopic (exact) mass is 424 g/mol. The number of para-hydroxylation sites is 2. The lowest BCUT2D eigenvalue weighted by molar-refractivity contribution is -0.120. The van der Waals surface area contributed by atoms with E-state index in [-0.39, 0.29) is 18.4 Å². The maximum absolute atomic E-state index is 12.4. The minimum Gasteiger partial charge on any atom is -0.490 e. The molecule has 2 amide bonds. The third-order valence-electron chi connectivity index (χ3n) is 4.72. The second-order valence-electron chi connectivity index (χ2n) is 6.86. The van der Waals surface area contributed by atoms with Crippen molar-refractivity contribution in [3.63, 3.8) is 0 Å². The van der Waals surface area contributed by atoms with Gasteiger partial charge in [0.1, 0.15) is 5.82 Å². The number of benzene rings is 2. The molecule has 1 heterocycles. The summed E-state index contributed by atoms with van der Waals surface area (Å²) < 4.78 is 13.1. The van der Waals surface area contributed by atoms with E-state index in [1.165, 1.54) is 0 Å². The lowest BCUT2D eigenvalue weighted by Crippen LogP contribution is -2.38. The first-order valence-corrected chi connectivity index (χ1v) is 10.4. The first kappa shape index (κ1) is 22.1. The fraction of sp³-hybridized carbons (Fsp3) is 0.348. The quantitative estimate of drug-likeness (QED) is 0.522. The summed E-state index contributed by atoms with van der Waals surface area (Å²) in [4.78, 5) is 29.1. The number of imidazole rings is 1. The van der Waals surface area contributed by atoms with E-state index in [4.69, 9.17) is 9.47 Å². The number of hydrogen-bond acceptors (Lipinski definition) is 5. The van der Waals surface area contributed by atoms with Gasteiger partial charge in [-0.3, -0.25) is 9.59 Å². The van der Waals surface area contributed by atoms with E-state index in [1.807, 2.05) is 45.0 Å². The smallest absolute Gasteiger partial charge is 0.251 e. The molecule has 0 atom stereocenters. The van der Waals surface area contributed by atoms with Crippen LogP contribution in [0.15, 0.2) is 42.5 Å². The number of ether oxygens (including phenoxy) is 2. The molecule has 1 aromatic heterocycles. The summed E-state index contributed by atoms with van der Waals surface area (Å²) in [7, 11) is 0. The number of hydrogen-bond donors (Lipinski definition) is 2. The number of carbonyl (C=O) groups excluding carboxylic acids is 2. The topological polar surface area (TPSA) is 94.5 Å². The van der Waals surface area contributed by atoms with Crippen molar-refractivity contribution in [3.05, 3.63) is 53.9 Å². The number of aromatic nitrogens is 2. The average Bonchev–Trinajstić information content (AvgIpc) is 3.09. The predicted octanol–water partition coefficient (Wildman–Crippen LogP) is 2.69. The third kappa shape index (κ3) is 5.53. The van der Waals surface area contributed by atoms with Crippen molar-refractivity contribution in [3.8, 4) is 11.5 Å². The summed E-state index contributed by atoms with van der Waals surface area (Å²) in [5, 5.41) is 5.47. The molecular weight excluding hydrogens is 396 g/mol. The van der Waals surface area contributed by atoms with E-state index in [9.17, 15) is 9.59 Å². The summed E-state index contributed by atoms with van der Waals surface area (Å²) in [6.45, 7) is 7.57. The van der Waals surface area contributed by atoms with Gasteiger partial charge in [0, 0.05) is 18.7 Å². The van der Waals surface area contributed by atoms with E-state index in [0.29, 0.717) is 43.4 Å². The van der Waals surface area contributed by atoms with Gasteiger partial charge >= 0.3 is 0 Å². The van der Waals surface area contributed by atoms with E-state index in [0.717, 1.165) is 16.9 Å². The fourth-order valence-corrected chi connectivity index (χ4v) is 3.30. The highest BCUT2D eigenvalue weighted by Crippen LogP contribution is 2.28. The largest absolute Gasteiger partial charge is 0.490 e. The summed E-state index contributed by atoms with van der Waals surface area (Å²) in [5.74, 6) is 1.37. The summed E-state index contributed by atoms with van der Waals surface area (Å²) >= 11 is 0. The maximum Gasteiger partial charge on any atom is 0.251 e. The van der Waals surface area contributed by atoms with E-state index in [1.54, 1.807) is 18.2 Å². The Labute approximate surface area is 181 Å². The normalized spacial score (nSPS) is 10.7. The van der Waals surface area contributed by atoms with Crippen LogP contribution in [0.2, 0.25) is 0 Å². The Morgan fingerprint density at radius 2 is 1.74 bits per heavy atom. The Morgan fingerprint density at radius 1 is 1.00 bits per heavy atom.